The number of carbonyl (C=O) groups is 1. The highest BCUT2D eigenvalue weighted by Gasteiger charge is 2.17. The number of amides is 1. The van der Waals surface area contributed by atoms with E-state index < -0.39 is 15.9 Å². The van der Waals surface area contributed by atoms with E-state index in [4.69, 9.17) is 4.74 Å². The summed E-state index contributed by atoms with van der Waals surface area (Å²) >= 11 is 0. The number of sulfonamides is 1. The van der Waals surface area contributed by atoms with Gasteiger partial charge < -0.3 is 4.74 Å². The van der Waals surface area contributed by atoms with Crippen LogP contribution in [0.3, 0.4) is 0 Å². The molecule has 128 valence electrons. The predicted molar refractivity (Wildman–Crippen MR) is 92.4 cm³/mol. The molecule has 0 aliphatic rings. The number of hydrogen-bond acceptors (Lipinski definition) is 4. The van der Waals surface area contributed by atoms with E-state index in [2.05, 4.69) is 4.72 Å². The molecule has 0 aliphatic carbocycles. The molecule has 2 aromatic carbocycles. The van der Waals surface area contributed by atoms with E-state index in [9.17, 15) is 13.2 Å². The summed E-state index contributed by atoms with van der Waals surface area (Å²) in [6.07, 6.45) is 0.831. The molecule has 2 rings (SSSR count). The normalized spacial score (nSPS) is 11.3. The Labute approximate surface area is 142 Å². The van der Waals surface area contributed by atoms with Crippen LogP contribution in [0.5, 0.6) is 11.5 Å². The molecule has 0 aliphatic heterocycles. The molecule has 0 heterocycles. The van der Waals surface area contributed by atoms with E-state index in [1.165, 1.54) is 12.1 Å². The lowest BCUT2D eigenvalue weighted by Crippen LogP contribution is -2.30. The lowest BCUT2D eigenvalue weighted by atomic mass is 10.1. The van der Waals surface area contributed by atoms with Gasteiger partial charge >= 0.3 is 0 Å². The van der Waals surface area contributed by atoms with Crippen LogP contribution in [-0.4, -0.2) is 14.3 Å². The van der Waals surface area contributed by atoms with E-state index in [-0.39, 0.29) is 11.3 Å². The lowest BCUT2D eigenvalue weighted by Gasteiger charge is -2.09. The SMILES string of the molecule is CC(C)CCC(=O)NS(=O)(=O)c1ccc(Oc2ccccc2)cc1. The topological polar surface area (TPSA) is 72.5 Å². The van der Waals surface area contributed by atoms with Crippen LogP contribution in [0.15, 0.2) is 59.5 Å². The molecule has 1 amide bonds. The zero-order chi connectivity index (χ0) is 17.6. The van der Waals surface area contributed by atoms with Gasteiger partial charge in [-0.05, 0) is 48.7 Å². The molecule has 5 nitrogen and oxygen atoms in total. The van der Waals surface area contributed by atoms with Gasteiger partial charge in [0.2, 0.25) is 5.91 Å². The number of nitrogens with one attached hydrogen (secondary N) is 1. The van der Waals surface area contributed by atoms with Crippen LogP contribution in [0.2, 0.25) is 0 Å². The molecule has 0 saturated heterocycles. The van der Waals surface area contributed by atoms with Gasteiger partial charge in [0, 0.05) is 6.42 Å². The molecule has 2 aromatic rings. The van der Waals surface area contributed by atoms with Crippen LogP contribution in [0.25, 0.3) is 0 Å². The van der Waals surface area contributed by atoms with Crippen LogP contribution < -0.4 is 9.46 Å². The molecule has 6 heteroatoms. The minimum Gasteiger partial charge on any atom is -0.457 e. The van der Waals surface area contributed by atoms with E-state index >= 15 is 0 Å². The third kappa shape index (κ3) is 5.38. The summed E-state index contributed by atoms with van der Waals surface area (Å²) in [7, 11) is -3.85. The molecule has 0 aromatic heterocycles. The van der Waals surface area contributed by atoms with Crippen LogP contribution >= 0.6 is 0 Å². The highest BCUT2D eigenvalue weighted by atomic mass is 32.2. The first-order chi connectivity index (χ1) is 11.4. The van der Waals surface area contributed by atoms with Crippen molar-refractivity contribution in [3.63, 3.8) is 0 Å². The molecule has 1 N–H and O–H groups in total. The molecular formula is C18H21NO4S. The maximum Gasteiger partial charge on any atom is 0.264 e. The van der Waals surface area contributed by atoms with E-state index in [0.717, 1.165) is 0 Å². The fourth-order valence-electron chi connectivity index (χ4n) is 1.99. The number of hydrogen-bond donors (Lipinski definition) is 1. The molecular weight excluding hydrogens is 326 g/mol. The Balaban J connectivity index is 2.02. The van der Waals surface area contributed by atoms with Crippen molar-refractivity contribution in [2.24, 2.45) is 5.92 Å². The zero-order valence-electron chi connectivity index (χ0n) is 13.7. The standard InChI is InChI=1S/C18H21NO4S/c1-14(2)8-13-18(20)19-24(21,22)17-11-9-16(10-12-17)23-15-6-4-3-5-7-15/h3-7,9-12,14H,8,13H2,1-2H3,(H,19,20). The average molecular weight is 347 g/mol. The van der Waals surface area contributed by atoms with Gasteiger partial charge in [-0.3, -0.25) is 4.79 Å². The molecule has 0 spiro atoms. The number of carbonyl (C=O) groups excluding carboxylic acids is 1. The summed E-state index contributed by atoms with van der Waals surface area (Å²) in [6, 6.07) is 15.1. The zero-order valence-corrected chi connectivity index (χ0v) is 14.5. The third-order valence-electron chi connectivity index (χ3n) is 3.31. The van der Waals surface area contributed by atoms with Gasteiger partial charge in [-0.1, -0.05) is 32.0 Å². The van der Waals surface area contributed by atoms with Gasteiger partial charge in [0.1, 0.15) is 11.5 Å². The summed E-state index contributed by atoms with van der Waals surface area (Å²) in [5.41, 5.74) is 0. The van der Waals surface area contributed by atoms with Gasteiger partial charge in [-0.25, -0.2) is 13.1 Å². The quantitative estimate of drug-likeness (QED) is 0.828. The van der Waals surface area contributed by atoms with Gasteiger partial charge in [0.05, 0.1) is 4.90 Å². The minimum atomic E-state index is -3.85. The second-order valence-corrected chi connectivity index (χ2v) is 7.53. The van der Waals surface area contributed by atoms with Gasteiger partial charge in [0.25, 0.3) is 10.0 Å². The Morgan fingerprint density at radius 2 is 1.58 bits per heavy atom. The molecule has 0 bridgehead atoms. The van der Waals surface area contributed by atoms with Crippen LogP contribution in [0.1, 0.15) is 26.7 Å². The van der Waals surface area contributed by atoms with Crippen molar-refractivity contribution in [3.8, 4) is 11.5 Å². The highest BCUT2D eigenvalue weighted by Crippen LogP contribution is 2.22. The van der Waals surface area contributed by atoms with Gasteiger partial charge in [-0.2, -0.15) is 0 Å². The van der Waals surface area contributed by atoms with Crippen LogP contribution in [0.4, 0.5) is 0 Å². The summed E-state index contributed by atoms with van der Waals surface area (Å²) in [4.78, 5) is 11.8. The molecule has 24 heavy (non-hydrogen) atoms. The smallest absolute Gasteiger partial charge is 0.264 e. The van der Waals surface area contributed by atoms with Crippen molar-refractivity contribution >= 4 is 15.9 Å². The van der Waals surface area contributed by atoms with Crippen molar-refractivity contribution in [1.82, 2.24) is 4.72 Å². The van der Waals surface area contributed by atoms with Crippen molar-refractivity contribution in [2.45, 2.75) is 31.6 Å². The summed E-state index contributed by atoms with van der Waals surface area (Å²) in [5, 5.41) is 0. The van der Waals surface area contributed by atoms with Crippen molar-refractivity contribution < 1.29 is 17.9 Å². The number of para-hydroxylation sites is 1. The highest BCUT2D eigenvalue weighted by molar-refractivity contribution is 7.90. The fraction of sp³-hybridized carbons (Fsp3) is 0.278. The first-order valence-electron chi connectivity index (χ1n) is 7.75. The van der Waals surface area contributed by atoms with Crippen LogP contribution in [-0.2, 0) is 14.8 Å². The Morgan fingerprint density at radius 1 is 1.00 bits per heavy atom. The van der Waals surface area contributed by atoms with E-state index in [0.29, 0.717) is 23.8 Å². The Kier molecular flexibility index (Phi) is 5.98. The number of rotatable bonds is 7. The van der Waals surface area contributed by atoms with E-state index in [1.807, 2.05) is 32.0 Å². The number of ether oxygens (including phenoxy) is 1. The molecule has 0 radical (unpaired) electrons. The molecule has 0 unspecified atom stereocenters. The van der Waals surface area contributed by atoms with Gasteiger partial charge in [-0.15, -0.1) is 0 Å². The van der Waals surface area contributed by atoms with E-state index in [1.54, 1.807) is 24.3 Å². The Bertz CT molecular complexity index is 768. The lowest BCUT2D eigenvalue weighted by molar-refractivity contribution is -0.119. The predicted octanol–water partition coefficient (Wildman–Crippen LogP) is 3.72. The maximum atomic E-state index is 12.2. The average Bonchev–Trinajstić information content (AvgIpc) is 2.54. The number of benzene rings is 2. The third-order valence-corrected chi connectivity index (χ3v) is 4.70. The Hall–Kier alpha value is -2.34. The first-order valence-corrected chi connectivity index (χ1v) is 9.24. The van der Waals surface area contributed by atoms with Crippen molar-refractivity contribution in [3.05, 3.63) is 54.6 Å². The minimum absolute atomic E-state index is 0.0285. The largest absolute Gasteiger partial charge is 0.457 e. The summed E-state index contributed by atoms with van der Waals surface area (Å²) in [5.74, 6) is 1.03. The van der Waals surface area contributed by atoms with Crippen molar-refractivity contribution in [2.75, 3.05) is 0 Å². The second-order valence-electron chi connectivity index (χ2n) is 5.85. The van der Waals surface area contributed by atoms with Crippen LogP contribution in [0, 0.1) is 5.92 Å². The van der Waals surface area contributed by atoms with Crippen molar-refractivity contribution in [1.29, 1.82) is 0 Å². The monoisotopic (exact) mass is 347 g/mol. The molecule has 0 fully saturated rings. The molecule has 0 atom stereocenters. The maximum absolute atomic E-state index is 12.2. The Morgan fingerprint density at radius 3 is 2.17 bits per heavy atom. The second kappa shape index (κ2) is 7.97. The fourth-order valence-corrected chi connectivity index (χ4v) is 3.01. The van der Waals surface area contributed by atoms with Gasteiger partial charge in [0.15, 0.2) is 0 Å². The summed E-state index contributed by atoms with van der Waals surface area (Å²) in [6.45, 7) is 3.96. The first kappa shape index (κ1) is 18.0. The molecule has 0 saturated carbocycles. The summed E-state index contributed by atoms with van der Waals surface area (Å²) < 4.78 is 32.1.